The lowest BCUT2D eigenvalue weighted by Crippen LogP contribution is -2.58. The Hall–Kier alpha value is -1.79. The fourth-order valence-electron chi connectivity index (χ4n) is 2.93. The van der Waals surface area contributed by atoms with Crippen molar-refractivity contribution in [3.63, 3.8) is 0 Å². The van der Waals surface area contributed by atoms with Crippen LogP contribution in [0.15, 0.2) is 23.1 Å². The summed E-state index contributed by atoms with van der Waals surface area (Å²) in [5.74, 6) is 0. The van der Waals surface area contributed by atoms with Crippen LogP contribution in [0, 0.1) is 10.1 Å². The number of nitrogens with two attached hydrogens (primary N) is 1. The molecule has 2 N–H and O–H groups in total. The van der Waals surface area contributed by atoms with Crippen molar-refractivity contribution in [3.05, 3.63) is 28.3 Å². The Morgan fingerprint density at radius 3 is 2.68 bits per heavy atom. The third kappa shape index (κ3) is 3.75. The van der Waals surface area contributed by atoms with E-state index in [4.69, 9.17) is 14.6 Å². The first-order valence-corrected chi connectivity index (χ1v) is 9.29. The molecule has 2 aliphatic rings. The molecule has 2 aliphatic heterocycles. The smallest absolute Gasteiger partial charge is 0.293 e. The van der Waals surface area contributed by atoms with E-state index < -0.39 is 14.9 Å². The molecule has 0 aliphatic carbocycles. The zero-order valence-corrected chi connectivity index (χ0v) is 14.5. The summed E-state index contributed by atoms with van der Waals surface area (Å²) in [4.78, 5) is 14.4. The van der Waals surface area contributed by atoms with Gasteiger partial charge in [0.25, 0.3) is 5.69 Å². The summed E-state index contributed by atoms with van der Waals surface area (Å²) in [5.41, 5.74) is -0.0594. The fraction of sp³-hybridized carbons (Fsp3) is 0.571. The van der Waals surface area contributed by atoms with Crippen LogP contribution in [0.5, 0.6) is 0 Å². The quantitative estimate of drug-likeness (QED) is 0.553. The summed E-state index contributed by atoms with van der Waals surface area (Å²) in [7, 11) is -2.33. The van der Waals surface area contributed by atoms with E-state index in [1.807, 2.05) is 0 Å². The Kier molecular flexibility index (Phi) is 4.93. The van der Waals surface area contributed by atoms with Crippen LogP contribution in [0.25, 0.3) is 0 Å². The van der Waals surface area contributed by atoms with E-state index in [9.17, 15) is 18.5 Å². The molecule has 0 amide bonds. The number of morpholine rings is 1. The summed E-state index contributed by atoms with van der Waals surface area (Å²) in [6.45, 7) is 3.23. The minimum absolute atomic E-state index is 0.272. The van der Waals surface area contributed by atoms with Gasteiger partial charge in [-0.25, -0.2) is 13.6 Å². The van der Waals surface area contributed by atoms with Gasteiger partial charge >= 0.3 is 0 Å². The second-order valence-corrected chi connectivity index (χ2v) is 7.64. The van der Waals surface area contributed by atoms with Crippen LogP contribution >= 0.6 is 0 Å². The topological polar surface area (TPSA) is 128 Å². The minimum atomic E-state index is -4.02. The third-order valence-electron chi connectivity index (χ3n) is 4.50. The first kappa shape index (κ1) is 18.0. The number of nitrogens with zero attached hydrogens (tertiary/aromatic N) is 3. The Morgan fingerprint density at radius 2 is 2.12 bits per heavy atom. The molecule has 0 radical (unpaired) electrons. The molecule has 10 nitrogen and oxygen atoms in total. The van der Waals surface area contributed by atoms with E-state index in [-0.39, 0.29) is 22.5 Å². The van der Waals surface area contributed by atoms with E-state index in [1.165, 1.54) is 12.1 Å². The molecule has 11 heteroatoms. The average Bonchev–Trinajstić information content (AvgIpc) is 2.51. The SMILES string of the molecule is CN(c1ccc(S(N)(=O)=O)cc1[N+](=O)[O-])[C@@H]1CN(C2COC2)CCO1. The van der Waals surface area contributed by atoms with Gasteiger partial charge in [-0.15, -0.1) is 0 Å². The van der Waals surface area contributed by atoms with E-state index in [2.05, 4.69) is 4.90 Å². The summed E-state index contributed by atoms with van der Waals surface area (Å²) in [6, 6.07) is 3.96. The number of hydrogen-bond acceptors (Lipinski definition) is 8. The summed E-state index contributed by atoms with van der Waals surface area (Å²) in [6.07, 6.45) is -0.381. The summed E-state index contributed by atoms with van der Waals surface area (Å²) >= 11 is 0. The molecule has 0 saturated carbocycles. The van der Waals surface area contributed by atoms with Gasteiger partial charge in [0.05, 0.1) is 35.7 Å². The lowest BCUT2D eigenvalue weighted by Gasteiger charge is -2.44. The van der Waals surface area contributed by atoms with Crippen molar-refractivity contribution in [1.82, 2.24) is 4.90 Å². The molecule has 0 aromatic heterocycles. The Morgan fingerprint density at radius 1 is 1.40 bits per heavy atom. The number of hydrogen-bond donors (Lipinski definition) is 1. The molecule has 2 saturated heterocycles. The van der Waals surface area contributed by atoms with Crippen LogP contribution in [0.2, 0.25) is 0 Å². The predicted octanol–water partition coefficient (Wildman–Crippen LogP) is -0.264. The van der Waals surface area contributed by atoms with Crippen LogP contribution in [0.4, 0.5) is 11.4 Å². The van der Waals surface area contributed by atoms with Gasteiger partial charge in [0.2, 0.25) is 10.0 Å². The standard InChI is InChI=1S/C14H20N4O6S/c1-16(14-7-17(4-5-24-14)10-8-23-9-10)12-3-2-11(25(15,21)22)6-13(12)18(19)20/h2-3,6,10,14H,4-5,7-9H2,1H3,(H2,15,21,22)/t14-/m0/s1. The maximum Gasteiger partial charge on any atom is 0.293 e. The van der Waals surface area contributed by atoms with Crippen LogP contribution in [-0.4, -0.2) is 70.5 Å². The largest absolute Gasteiger partial charge is 0.378 e. The number of nitro groups is 1. The second kappa shape index (κ2) is 6.84. The van der Waals surface area contributed by atoms with Crippen molar-refractivity contribution in [3.8, 4) is 0 Å². The molecule has 1 aromatic rings. The highest BCUT2D eigenvalue weighted by molar-refractivity contribution is 7.89. The van der Waals surface area contributed by atoms with Crippen molar-refractivity contribution < 1.29 is 22.8 Å². The first-order valence-electron chi connectivity index (χ1n) is 7.75. The number of rotatable bonds is 5. The minimum Gasteiger partial charge on any atom is -0.378 e. The second-order valence-electron chi connectivity index (χ2n) is 6.08. The molecular weight excluding hydrogens is 352 g/mol. The number of anilines is 1. The highest BCUT2D eigenvalue weighted by atomic mass is 32.2. The molecule has 1 atom stereocenters. The molecule has 0 bridgehead atoms. The highest BCUT2D eigenvalue weighted by Crippen LogP contribution is 2.32. The number of likely N-dealkylation sites (N-methyl/N-ethyl adjacent to an activating group) is 1. The molecule has 0 spiro atoms. The Bertz CT molecular complexity index is 767. The van der Waals surface area contributed by atoms with Gasteiger partial charge in [-0.1, -0.05) is 0 Å². The molecule has 1 aromatic carbocycles. The zero-order valence-electron chi connectivity index (χ0n) is 13.7. The van der Waals surface area contributed by atoms with Crippen molar-refractivity contribution >= 4 is 21.4 Å². The van der Waals surface area contributed by atoms with Crippen molar-refractivity contribution in [2.24, 2.45) is 5.14 Å². The predicted molar refractivity (Wildman–Crippen MR) is 88.8 cm³/mol. The Labute approximate surface area is 145 Å². The molecule has 3 rings (SSSR count). The van der Waals surface area contributed by atoms with Crippen molar-refractivity contribution in [2.75, 3.05) is 44.9 Å². The number of benzene rings is 1. The lowest BCUT2D eigenvalue weighted by atomic mass is 10.2. The van der Waals surface area contributed by atoms with Gasteiger partial charge in [0.1, 0.15) is 11.9 Å². The van der Waals surface area contributed by atoms with Gasteiger partial charge in [-0.3, -0.25) is 15.0 Å². The van der Waals surface area contributed by atoms with Crippen LogP contribution < -0.4 is 10.0 Å². The molecular formula is C14H20N4O6S. The molecule has 25 heavy (non-hydrogen) atoms. The number of primary sulfonamides is 1. The summed E-state index contributed by atoms with van der Waals surface area (Å²) in [5, 5.41) is 16.5. The molecule has 2 fully saturated rings. The summed E-state index contributed by atoms with van der Waals surface area (Å²) < 4.78 is 33.9. The average molecular weight is 372 g/mol. The van der Waals surface area contributed by atoms with Gasteiger partial charge in [-0.2, -0.15) is 0 Å². The maximum absolute atomic E-state index is 11.4. The monoisotopic (exact) mass is 372 g/mol. The van der Waals surface area contributed by atoms with Crippen LogP contribution in [0.1, 0.15) is 0 Å². The molecule has 138 valence electrons. The van der Waals surface area contributed by atoms with E-state index in [0.29, 0.717) is 32.4 Å². The van der Waals surface area contributed by atoms with Gasteiger partial charge in [-0.05, 0) is 12.1 Å². The van der Waals surface area contributed by atoms with Gasteiger partial charge < -0.3 is 14.4 Å². The highest BCUT2D eigenvalue weighted by Gasteiger charge is 2.34. The number of nitro benzene ring substituents is 1. The number of ether oxygens (including phenoxy) is 2. The zero-order chi connectivity index (χ0) is 18.2. The normalized spacial score (nSPS) is 22.4. The van der Waals surface area contributed by atoms with Gasteiger partial charge in [0.15, 0.2) is 0 Å². The van der Waals surface area contributed by atoms with Crippen molar-refractivity contribution in [2.45, 2.75) is 17.2 Å². The lowest BCUT2D eigenvalue weighted by molar-refractivity contribution is -0.384. The van der Waals surface area contributed by atoms with E-state index in [1.54, 1.807) is 11.9 Å². The fourth-order valence-corrected chi connectivity index (χ4v) is 3.46. The van der Waals surface area contributed by atoms with E-state index in [0.717, 1.165) is 12.6 Å². The molecule has 2 heterocycles. The van der Waals surface area contributed by atoms with Crippen LogP contribution in [0.3, 0.4) is 0 Å². The maximum atomic E-state index is 11.4. The number of sulfonamides is 1. The van der Waals surface area contributed by atoms with Gasteiger partial charge in [0, 0.05) is 26.2 Å². The molecule has 0 unspecified atom stereocenters. The van der Waals surface area contributed by atoms with Crippen LogP contribution in [-0.2, 0) is 19.5 Å². The first-order chi connectivity index (χ1) is 11.8. The van der Waals surface area contributed by atoms with E-state index >= 15 is 0 Å². The van der Waals surface area contributed by atoms with Crippen molar-refractivity contribution in [1.29, 1.82) is 0 Å². The Balaban J connectivity index is 1.85. The third-order valence-corrected chi connectivity index (χ3v) is 5.41.